The van der Waals surface area contributed by atoms with Crippen LogP contribution in [0.15, 0.2) is 54.6 Å². The van der Waals surface area contributed by atoms with Gasteiger partial charge in [0, 0.05) is 6.04 Å². The predicted molar refractivity (Wildman–Crippen MR) is 155 cm³/mol. The second-order valence-corrected chi connectivity index (χ2v) is 13.0. The Morgan fingerprint density at radius 3 is 1.64 bits per heavy atom. The van der Waals surface area contributed by atoms with E-state index in [1.54, 1.807) is 14.2 Å². The normalized spacial score (nSPS) is 18.6. The lowest BCUT2D eigenvalue weighted by atomic mass is 9.90. The number of aryl methyl sites for hydroxylation is 4. The first kappa shape index (κ1) is 26.7. The Morgan fingerprint density at radius 1 is 0.750 bits per heavy atom. The highest BCUT2D eigenvalue weighted by Gasteiger charge is 2.41. The summed E-state index contributed by atoms with van der Waals surface area (Å²) in [5, 5.41) is 2.93. The van der Waals surface area contributed by atoms with Crippen molar-refractivity contribution in [1.82, 2.24) is 4.90 Å². The first-order valence-corrected chi connectivity index (χ1v) is 14.5. The minimum Gasteiger partial charge on any atom is -0.496 e. The molecular weight excluding hydrogens is 461 g/mol. The summed E-state index contributed by atoms with van der Waals surface area (Å²) in [7, 11) is 7.48. The van der Waals surface area contributed by atoms with E-state index in [9.17, 15) is 0 Å². The molecule has 3 nitrogen and oxygen atoms in total. The smallest absolute Gasteiger partial charge is 0.124 e. The van der Waals surface area contributed by atoms with Crippen molar-refractivity contribution < 1.29 is 9.47 Å². The fourth-order valence-corrected chi connectivity index (χ4v) is 10.1. The van der Waals surface area contributed by atoms with E-state index < -0.39 is 7.92 Å². The van der Waals surface area contributed by atoms with Crippen molar-refractivity contribution in [3.8, 4) is 11.5 Å². The van der Waals surface area contributed by atoms with E-state index in [0.717, 1.165) is 11.5 Å². The standard InChI is InChI=1S/C32H42NO2P/c1-21-17-26(18-22(2)31(21)34-7)36(27-19-23(3)32(35-8)24(4)20-27)29-16-12-15-28(29)30(33(5)6)25-13-10-9-11-14-25/h9-11,13-14,17-20,28-30H,12,15-16H2,1-8H3/t28-,29+,30+/m1/s1. The summed E-state index contributed by atoms with van der Waals surface area (Å²) in [5.74, 6) is 2.61. The Bertz CT molecular complexity index is 1080. The van der Waals surface area contributed by atoms with Crippen LogP contribution in [0, 0.1) is 33.6 Å². The van der Waals surface area contributed by atoms with Crippen LogP contribution < -0.4 is 20.1 Å². The molecular formula is C32H42NO2P. The number of nitrogens with zero attached hydrogens (tertiary/aromatic N) is 1. The lowest BCUT2D eigenvalue weighted by Crippen LogP contribution is -2.34. The van der Waals surface area contributed by atoms with Crippen molar-refractivity contribution in [3.05, 3.63) is 82.4 Å². The molecule has 1 saturated carbocycles. The van der Waals surface area contributed by atoms with Crippen LogP contribution >= 0.6 is 7.92 Å². The number of ether oxygens (including phenoxy) is 2. The number of methoxy groups -OCH3 is 2. The van der Waals surface area contributed by atoms with Crippen LogP contribution in [0.25, 0.3) is 0 Å². The van der Waals surface area contributed by atoms with Gasteiger partial charge >= 0.3 is 0 Å². The van der Waals surface area contributed by atoms with Crippen LogP contribution in [0.3, 0.4) is 0 Å². The molecule has 0 bridgehead atoms. The summed E-state index contributed by atoms with van der Waals surface area (Å²) in [6.07, 6.45) is 3.82. The fourth-order valence-electron chi connectivity index (χ4n) is 6.55. The maximum atomic E-state index is 5.74. The molecule has 4 rings (SSSR count). The van der Waals surface area contributed by atoms with Gasteiger partial charge in [0.1, 0.15) is 11.5 Å². The van der Waals surface area contributed by atoms with E-state index in [1.807, 2.05) is 0 Å². The molecule has 0 aromatic heterocycles. The zero-order valence-corrected chi connectivity index (χ0v) is 24.2. The molecule has 0 N–H and O–H groups in total. The monoisotopic (exact) mass is 503 g/mol. The summed E-state index contributed by atoms with van der Waals surface area (Å²) < 4.78 is 11.5. The van der Waals surface area contributed by atoms with Gasteiger partial charge in [-0.15, -0.1) is 0 Å². The molecule has 0 aliphatic heterocycles. The van der Waals surface area contributed by atoms with Crippen molar-refractivity contribution in [2.45, 2.75) is 58.7 Å². The Morgan fingerprint density at radius 2 is 1.22 bits per heavy atom. The highest BCUT2D eigenvalue weighted by molar-refractivity contribution is 7.73. The summed E-state index contributed by atoms with van der Waals surface area (Å²) >= 11 is 0. The van der Waals surface area contributed by atoms with E-state index in [-0.39, 0.29) is 0 Å². The molecule has 36 heavy (non-hydrogen) atoms. The fraction of sp³-hybridized carbons (Fsp3) is 0.438. The van der Waals surface area contributed by atoms with Crippen LogP contribution in [0.4, 0.5) is 0 Å². The third-order valence-corrected chi connectivity index (χ3v) is 10.8. The topological polar surface area (TPSA) is 21.7 Å². The Balaban J connectivity index is 1.88. The van der Waals surface area contributed by atoms with E-state index in [1.165, 1.54) is 57.7 Å². The minimum absolute atomic E-state index is 0.407. The number of hydrogen-bond donors (Lipinski definition) is 0. The van der Waals surface area contributed by atoms with Gasteiger partial charge in [-0.25, -0.2) is 0 Å². The Hall–Kier alpha value is -2.35. The molecule has 0 unspecified atom stereocenters. The zero-order valence-electron chi connectivity index (χ0n) is 23.3. The predicted octanol–water partition coefficient (Wildman–Crippen LogP) is 6.84. The Kier molecular flexibility index (Phi) is 8.43. The van der Waals surface area contributed by atoms with Gasteiger partial charge in [0.2, 0.25) is 0 Å². The molecule has 0 heterocycles. The molecule has 3 atom stereocenters. The van der Waals surface area contributed by atoms with E-state index in [2.05, 4.69) is 101 Å². The number of benzene rings is 3. The first-order valence-electron chi connectivity index (χ1n) is 13.1. The second kappa shape index (κ2) is 11.4. The van der Waals surface area contributed by atoms with Gasteiger partial charge in [0.05, 0.1) is 14.2 Å². The van der Waals surface area contributed by atoms with Gasteiger partial charge in [-0.05, 0) is 137 Å². The quantitative estimate of drug-likeness (QED) is 0.314. The minimum atomic E-state index is -0.576. The first-order chi connectivity index (χ1) is 17.3. The van der Waals surface area contributed by atoms with Crippen LogP contribution in [0.5, 0.6) is 11.5 Å². The maximum absolute atomic E-state index is 5.74. The Labute approximate surface area is 219 Å². The van der Waals surface area contributed by atoms with Gasteiger partial charge in [0.25, 0.3) is 0 Å². The van der Waals surface area contributed by atoms with Crippen molar-refractivity contribution in [1.29, 1.82) is 0 Å². The second-order valence-electron chi connectivity index (χ2n) is 10.6. The van der Waals surface area contributed by atoms with Gasteiger partial charge < -0.3 is 14.4 Å². The summed E-state index contributed by atoms with van der Waals surface area (Å²) in [4.78, 5) is 2.45. The molecule has 3 aromatic carbocycles. The zero-order chi connectivity index (χ0) is 26.0. The van der Waals surface area contributed by atoms with Crippen LogP contribution in [0.1, 0.15) is 53.1 Å². The number of hydrogen-bond acceptors (Lipinski definition) is 3. The SMILES string of the molecule is COc1c(C)cc(P(c2cc(C)c(OC)c(C)c2)[C@H]2CCC[C@H]2[C@H](c2ccccc2)N(C)C)cc1C. The van der Waals surface area contributed by atoms with Gasteiger partial charge in [-0.3, -0.25) is 0 Å². The molecule has 3 aromatic rings. The van der Waals surface area contributed by atoms with Gasteiger partial charge in [-0.1, -0.05) is 36.8 Å². The molecule has 1 fully saturated rings. The van der Waals surface area contributed by atoms with Crippen molar-refractivity contribution in [3.63, 3.8) is 0 Å². The lowest BCUT2D eigenvalue weighted by molar-refractivity contribution is 0.217. The van der Waals surface area contributed by atoms with Crippen LogP contribution in [-0.2, 0) is 0 Å². The van der Waals surface area contributed by atoms with Crippen molar-refractivity contribution in [2.24, 2.45) is 5.92 Å². The largest absolute Gasteiger partial charge is 0.496 e. The van der Waals surface area contributed by atoms with E-state index >= 15 is 0 Å². The lowest BCUT2D eigenvalue weighted by Gasteiger charge is -2.38. The van der Waals surface area contributed by atoms with Gasteiger partial charge in [0.15, 0.2) is 0 Å². The molecule has 1 aliphatic rings. The summed E-state index contributed by atoms with van der Waals surface area (Å²) in [6, 6.07) is 21.1. The van der Waals surface area contributed by atoms with E-state index in [0.29, 0.717) is 17.6 Å². The highest BCUT2D eigenvalue weighted by atomic mass is 31.1. The van der Waals surface area contributed by atoms with Crippen LogP contribution in [-0.4, -0.2) is 38.9 Å². The molecule has 4 heteroatoms. The third kappa shape index (κ3) is 5.20. The third-order valence-electron chi connectivity index (χ3n) is 7.82. The molecule has 0 amide bonds. The molecule has 0 saturated heterocycles. The van der Waals surface area contributed by atoms with Crippen molar-refractivity contribution >= 4 is 18.5 Å². The molecule has 1 aliphatic carbocycles. The van der Waals surface area contributed by atoms with Gasteiger partial charge in [-0.2, -0.15) is 0 Å². The summed E-state index contributed by atoms with van der Waals surface area (Å²) in [5.41, 5.74) is 6.94. The van der Waals surface area contributed by atoms with Crippen molar-refractivity contribution in [2.75, 3.05) is 28.3 Å². The number of rotatable bonds is 8. The van der Waals surface area contributed by atoms with E-state index in [4.69, 9.17) is 9.47 Å². The average molecular weight is 504 g/mol. The maximum Gasteiger partial charge on any atom is 0.124 e. The van der Waals surface area contributed by atoms with Crippen LogP contribution in [0.2, 0.25) is 0 Å². The average Bonchev–Trinajstić information content (AvgIpc) is 3.28. The molecule has 192 valence electrons. The molecule has 0 spiro atoms. The summed E-state index contributed by atoms with van der Waals surface area (Å²) in [6.45, 7) is 8.75. The molecule has 0 radical (unpaired) electrons. The highest BCUT2D eigenvalue weighted by Crippen LogP contribution is 2.55.